The molecule has 0 bridgehead atoms. The maximum atomic E-state index is 5.97. The van der Waals surface area contributed by atoms with Gasteiger partial charge in [-0.2, -0.15) is 0 Å². The quantitative estimate of drug-likeness (QED) is 0.753. The van der Waals surface area contributed by atoms with Crippen molar-refractivity contribution in [1.82, 2.24) is 20.2 Å². The molecule has 0 radical (unpaired) electrons. The van der Waals surface area contributed by atoms with Crippen LogP contribution in [0.2, 0.25) is 0 Å². The number of tetrazole rings is 1. The Hall–Kier alpha value is -2.19. The Labute approximate surface area is 115 Å². The Morgan fingerprint density at radius 3 is 2.95 bits per heavy atom. The number of hydrogen-bond donors (Lipinski definition) is 2. The molecule has 1 unspecified atom stereocenters. The molecule has 0 amide bonds. The predicted molar refractivity (Wildman–Crippen MR) is 72.6 cm³/mol. The Bertz CT molecular complexity index is 593. The maximum Gasteiger partial charge on any atom is 0.184 e. The van der Waals surface area contributed by atoms with E-state index in [4.69, 9.17) is 20.9 Å². The summed E-state index contributed by atoms with van der Waals surface area (Å²) in [5, 5.41) is 11.7. The first-order valence-electron chi connectivity index (χ1n) is 6.35. The second kappa shape index (κ2) is 5.43. The zero-order chi connectivity index (χ0) is 13.9. The first-order valence-corrected chi connectivity index (χ1v) is 6.35. The molecule has 1 aliphatic rings. The van der Waals surface area contributed by atoms with E-state index in [9.17, 15) is 0 Å². The van der Waals surface area contributed by atoms with E-state index >= 15 is 0 Å². The van der Waals surface area contributed by atoms with E-state index < -0.39 is 0 Å². The number of nitrogen functional groups attached to an aromatic ring is 2. The van der Waals surface area contributed by atoms with Gasteiger partial charge in [-0.05, 0) is 28.6 Å². The second-order valence-electron chi connectivity index (χ2n) is 4.60. The standard InChI is InChI=1S/C12H16N6O2/c13-8-1-2-10(11(14)5-8)12-15-16-17-18(12)6-9-7-19-3-4-20-9/h1-2,5,9H,3-4,6-7,13-14H2. The van der Waals surface area contributed by atoms with Gasteiger partial charge in [0, 0.05) is 16.9 Å². The number of nitrogens with two attached hydrogens (primary N) is 2. The molecule has 0 saturated carbocycles. The van der Waals surface area contributed by atoms with Gasteiger partial charge in [0.05, 0.1) is 26.4 Å². The first-order chi connectivity index (χ1) is 9.74. The van der Waals surface area contributed by atoms with Crippen LogP contribution in [0, 0.1) is 0 Å². The van der Waals surface area contributed by atoms with Crippen LogP contribution in [0.3, 0.4) is 0 Å². The molecule has 8 heteroatoms. The Balaban J connectivity index is 1.85. The van der Waals surface area contributed by atoms with Gasteiger partial charge < -0.3 is 20.9 Å². The fourth-order valence-electron chi connectivity index (χ4n) is 2.14. The molecule has 2 heterocycles. The van der Waals surface area contributed by atoms with E-state index in [1.807, 2.05) is 6.07 Å². The Kier molecular flexibility index (Phi) is 3.48. The lowest BCUT2D eigenvalue weighted by atomic mass is 10.1. The molecule has 4 N–H and O–H groups in total. The highest BCUT2D eigenvalue weighted by molar-refractivity contribution is 5.74. The van der Waals surface area contributed by atoms with Crippen molar-refractivity contribution in [2.45, 2.75) is 12.6 Å². The zero-order valence-corrected chi connectivity index (χ0v) is 10.9. The number of ether oxygens (including phenoxy) is 2. The molecule has 8 nitrogen and oxygen atoms in total. The van der Waals surface area contributed by atoms with Crippen molar-refractivity contribution < 1.29 is 9.47 Å². The van der Waals surface area contributed by atoms with Crippen molar-refractivity contribution in [1.29, 1.82) is 0 Å². The lowest BCUT2D eigenvalue weighted by molar-refractivity contribution is -0.0946. The van der Waals surface area contributed by atoms with Crippen LogP contribution in [-0.4, -0.2) is 46.1 Å². The lowest BCUT2D eigenvalue weighted by Crippen LogP contribution is -2.32. The van der Waals surface area contributed by atoms with Gasteiger partial charge in [0.25, 0.3) is 0 Å². The van der Waals surface area contributed by atoms with Crippen LogP contribution in [0.15, 0.2) is 18.2 Å². The zero-order valence-electron chi connectivity index (χ0n) is 10.9. The van der Waals surface area contributed by atoms with E-state index in [1.54, 1.807) is 16.8 Å². The molecule has 2 aromatic rings. The van der Waals surface area contributed by atoms with Gasteiger partial charge >= 0.3 is 0 Å². The number of hydrogen-bond acceptors (Lipinski definition) is 7. The average molecular weight is 276 g/mol. The molecule has 1 aliphatic heterocycles. The van der Waals surface area contributed by atoms with Crippen LogP contribution in [0.25, 0.3) is 11.4 Å². The van der Waals surface area contributed by atoms with E-state index in [0.717, 1.165) is 5.56 Å². The molecule has 106 valence electrons. The molecule has 0 spiro atoms. The van der Waals surface area contributed by atoms with Gasteiger partial charge in [0.15, 0.2) is 5.82 Å². The average Bonchev–Trinajstić information content (AvgIpc) is 2.88. The highest BCUT2D eigenvalue weighted by Gasteiger charge is 2.19. The summed E-state index contributed by atoms with van der Waals surface area (Å²) in [5.74, 6) is 0.594. The highest BCUT2D eigenvalue weighted by Crippen LogP contribution is 2.25. The van der Waals surface area contributed by atoms with Crippen LogP contribution in [-0.2, 0) is 16.0 Å². The summed E-state index contributed by atoms with van der Waals surface area (Å²) >= 11 is 0. The predicted octanol–water partition coefficient (Wildman–Crippen LogP) is -0.0801. The van der Waals surface area contributed by atoms with Crippen molar-refractivity contribution >= 4 is 11.4 Å². The van der Waals surface area contributed by atoms with Gasteiger partial charge in [-0.15, -0.1) is 5.10 Å². The maximum absolute atomic E-state index is 5.97. The molecule has 1 atom stereocenters. The molecular formula is C12H16N6O2. The number of aromatic nitrogens is 4. The third kappa shape index (κ3) is 2.56. The molecular weight excluding hydrogens is 260 g/mol. The summed E-state index contributed by atoms with van der Waals surface area (Å²) in [6.07, 6.45) is -0.0546. The van der Waals surface area contributed by atoms with Crippen molar-refractivity contribution in [3.63, 3.8) is 0 Å². The van der Waals surface area contributed by atoms with Gasteiger partial charge in [-0.1, -0.05) is 0 Å². The summed E-state index contributed by atoms with van der Waals surface area (Å²) in [6, 6.07) is 5.27. The summed E-state index contributed by atoms with van der Waals surface area (Å²) in [4.78, 5) is 0. The van der Waals surface area contributed by atoms with E-state index in [2.05, 4.69) is 15.5 Å². The van der Waals surface area contributed by atoms with Gasteiger partial charge in [0.2, 0.25) is 0 Å². The number of benzene rings is 1. The third-order valence-electron chi connectivity index (χ3n) is 3.11. The van der Waals surface area contributed by atoms with Crippen LogP contribution >= 0.6 is 0 Å². The fraction of sp³-hybridized carbons (Fsp3) is 0.417. The van der Waals surface area contributed by atoms with Crippen LogP contribution in [0.5, 0.6) is 0 Å². The summed E-state index contributed by atoms with van der Waals surface area (Å²) < 4.78 is 12.6. The Morgan fingerprint density at radius 2 is 2.20 bits per heavy atom. The summed E-state index contributed by atoms with van der Waals surface area (Å²) in [6.45, 7) is 2.28. The minimum absolute atomic E-state index is 0.0546. The van der Waals surface area contributed by atoms with Crippen molar-refractivity contribution in [2.24, 2.45) is 0 Å². The number of rotatable bonds is 3. The van der Waals surface area contributed by atoms with Gasteiger partial charge in [-0.25, -0.2) is 4.68 Å². The van der Waals surface area contributed by atoms with E-state index in [1.165, 1.54) is 0 Å². The highest BCUT2D eigenvalue weighted by atomic mass is 16.6. The number of anilines is 2. The van der Waals surface area contributed by atoms with Crippen molar-refractivity contribution in [3.05, 3.63) is 18.2 Å². The topological polar surface area (TPSA) is 114 Å². The van der Waals surface area contributed by atoms with E-state index in [-0.39, 0.29) is 6.10 Å². The molecule has 1 saturated heterocycles. The fourth-order valence-corrected chi connectivity index (χ4v) is 2.14. The SMILES string of the molecule is Nc1ccc(-c2nnnn2CC2COCCO2)c(N)c1. The summed E-state index contributed by atoms with van der Waals surface area (Å²) in [7, 11) is 0. The molecule has 1 fully saturated rings. The monoisotopic (exact) mass is 276 g/mol. The van der Waals surface area contributed by atoms with Gasteiger partial charge in [-0.3, -0.25) is 0 Å². The molecule has 1 aromatic heterocycles. The van der Waals surface area contributed by atoms with Crippen LogP contribution in [0.1, 0.15) is 0 Å². The lowest BCUT2D eigenvalue weighted by Gasteiger charge is -2.22. The third-order valence-corrected chi connectivity index (χ3v) is 3.11. The minimum atomic E-state index is -0.0546. The van der Waals surface area contributed by atoms with Crippen LogP contribution < -0.4 is 11.5 Å². The van der Waals surface area contributed by atoms with Crippen molar-refractivity contribution in [2.75, 3.05) is 31.3 Å². The molecule has 20 heavy (non-hydrogen) atoms. The van der Waals surface area contributed by atoms with Crippen molar-refractivity contribution in [3.8, 4) is 11.4 Å². The summed E-state index contributed by atoms with van der Waals surface area (Å²) in [5.41, 5.74) is 13.6. The molecule has 3 rings (SSSR count). The Morgan fingerprint density at radius 1 is 1.30 bits per heavy atom. The van der Waals surface area contributed by atoms with Gasteiger partial charge in [0.1, 0.15) is 6.10 Å². The number of nitrogens with zero attached hydrogens (tertiary/aromatic N) is 4. The smallest absolute Gasteiger partial charge is 0.184 e. The molecule has 0 aliphatic carbocycles. The minimum Gasteiger partial charge on any atom is -0.399 e. The molecule has 1 aromatic carbocycles. The van der Waals surface area contributed by atoms with E-state index in [0.29, 0.717) is 43.6 Å². The largest absolute Gasteiger partial charge is 0.399 e. The van der Waals surface area contributed by atoms with Crippen LogP contribution in [0.4, 0.5) is 11.4 Å². The second-order valence-corrected chi connectivity index (χ2v) is 4.60. The normalized spacial score (nSPS) is 19.1. The first kappa shape index (κ1) is 12.8.